The molecule has 1 aromatic carbocycles. The maximum absolute atomic E-state index is 11.6. The van der Waals surface area contributed by atoms with Crippen molar-refractivity contribution in [2.75, 3.05) is 5.73 Å². The summed E-state index contributed by atoms with van der Waals surface area (Å²) in [4.78, 5) is 11.6. The summed E-state index contributed by atoms with van der Waals surface area (Å²) in [5, 5.41) is 7.59. The van der Waals surface area contributed by atoms with Crippen LogP contribution in [0.4, 0.5) is 5.82 Å². The molecule has 0 unspecified atom stereocenters. The van der Waals surface area contributed by atoms with Crippen molar-refractivity contribution in [1.82, 2.24) is 10.3 Å². The summed E-state index contributed by atoms with van der Waals surface area (Å²) in [7, 11) is 0. The molecule has 0 radical (unpaired) electrons. The van der Waals surface area contributed by atoms with Crippen molar-refractivity contribution in [2.45, 2.75) is 6.61 Å². The number of para-hydroxylation sites is 1. The van der Waals surface area contributed by atoms with Crippen molar-refractivity contribution < 1.29 is 18.6 Å². The number of esters is 1. The van der Waals surface area contributed by atoms with Gasteiger partial charge in [-0.1, -0.05) is 18.2 Å². The first-order valence-corrected chi connectivity index (χ1v) is 5.46. The van der Waals surface area contributed by atoms with E-state index < -0.39 is 5.97 Å². The van der Waals surface area contributed by atoms with Crippen LogP contribution >= 0.6 is 0 Å². The minimum atomic E-state index is -0.709. The third kappa shape index (κ3) is 2.13. The van der Waals surface area contributed by atoms with Crippen molar-refractivity contribution in [3.63, 3.8) is 0 Å². The molecule has 3 rings (SSSR count). The summed E-state index contributed by atoms with van der Waals surface area (Å²) in [6, 6.07) is 9.30. The zero-order valence-electron chi connectivity index (χ0n) is 9.70. The molecule has 0 bridgehead atoms. The molecule has 0 aliphatic carbocycles. The first-order valence-electron chi connectivity index (χ1n) is 5.46. The Morgan fingerprint density at radius 2 is 2.16 bits per heavy atom. The molecule has 7 nitrogen and oxygen atoms in total. The second-order valence-corrected chi connectivity index (χ2v) is 3.82. The van der Waals surface area contributed by atoms with Crippen LogP contribution in [0.5, 0.6) is 0 Å². The number of furan rings is 1. The zero-order chi connectivity index (χ0) is 13.2. The highest BCUT2D eigenvalue weighted by molar-refractivity contribution is 5.91. The summed E-state index contributed by atoms with van der Waals surface area (Å²) in [6.45, 7) is -0.0141. The Kier molecular flexibility index (Phi) is 2.64. The Balaban J connectivity index is 1.72. The van der Waals surface area contributed by atoms with Crippen molar-refractivity contribution in [2.24, 2.45) is 0 Å². The molecule has 0 saturated heterocycles. The number of nitrogens with zero attached hydrogens (tertiary/aromatic N) is 2. The van der Waals surface area contributed by atoms with Crippen LogP contribution in [-0.4, -0.2) is 16.3 Å². The summed E-state index contributed by atoms with van der Waals surface area (Å²) >= 11 is 0. The Hall–Kier alpha value is -2.83. The van der Waals surface area contributed by atoms with E-state index in [1.807, 2.05) is 24.3 Å². The molecule has 0 amide bonds. The molecule has 2 aromatic heterocycles. The number of carbonyl (C=O) groups excluding carboxylic acids is 1. The fourth-order valence-electron chi connectivity index (χ4n) is 1.65. The molecule has 0 spiro atoms. The van der Waals surface area contributed by atoms with Gasteiger partial charge in [-0.3, -0.25) is 0 Å². The lowest BCUT2D eigenvalue weighted by atomic mass is 10.2. The van der Waals surface area contributed by atoms with Gasteiger partial charge in [-0.2, -0.15) is 0 Å². The van der Waals surface area contributed by atoms with Gasteiger partial charge in [-0.05, 0) is 22.4 Å². The number of hydrogen-bond donors (Lipinski definition) is 1. The largest absolute Gasteiger partial charge is 0.457 e. The first-order chi connectivity index (χ1) is 9.24. The van der Waals surface area contributed by atoms with Crippen molar-refractivity contribution in [1.29, 1.82) is 0 Å². The number of rotatable bonds is 3. The summed E-state index contributed by atoms with van der Waals surface area (Å²) < 4.78 is 14.8. The highest BCUT2D eigenvalue weighted by Crippen LogP contribution is 2.19. The van der Waals surface area contributed by atoms with Crippen LogP contribution in [-0.2, 0) is 11.3 Å². The smallest absolute Gasteiger partial charge is 0.365 e. The van der Waals surface area contributed by atoms with Crippen LogP contribution < -0.4 is 5.73 Å². The van der Waals surface area contributed by atoms with E-state index in [2.05, 4.69) is 14.9 Å². The summed E-state index contributed by atoms with van der Waals surface area (Å²) in [5.74, 6) is -0.279. The quantitative estimate of drug-likeness (QED) is 0.714. The number of anilines is 1. The van der Waals surface area contributed by atoms with E-state index in [4.69, 9.17) is 14.9 Å². The number of benzene rings is 1. The molecule has 7 heteroatoms. The third-order valence-corrected chi connectivity index (χ3v) is 2.53. The van der Waals surface area contributed by atoms with Crippen LogP contribution in [0, 0.1) is 0 Å². The van der Waals surface area contributed by atoms with E-state index in [1.165, 1.54) is 0 Å². The molecular weight excluding hydrogens is 250 g/mol. The van der Waals surface area contributed by atoms with Crippen molar-refractivity contribution in [3.8, 4) is 0 Å². The van der Waals surface area contributed by atoms with Crippen LogP contribution in [0.3, 0.4) is 0 Å². The highest BCUT2D eigenvalue weighted by Gasteiger charge is 2.18. The lowest BCUT2D eigenvalue weighted by Crippen LogP contribution is -2.07. The lowest BCUT2D eigenvalue weighted by molar-refractivity contribution is 0.0436. The van der Waals surface area contributed by atoms with Crippen molar-refractivity contribution in [3.05, 3.63) is 41.8 Å². The van der Waals surface area contributed by atoms with Crippen LogP contribution in [0.2, 0.25) is 0 Å². The molecule has 19 heavy (non-hydrogen) atoms. The fourth-order valence-corrected chi connectivity index (χ4v) is 1.65. The van der Waals surface area contributed by atoms with Gasteiger partial charge in [0, 0.05) is 5.39 Å². The molecule has 3 aromatic rings. The van der Waals surface area contributed by atoms with E-state index >= 15 is 0 Å². The number of nitrogen functional groups attached to an aromatic ring is 1. The second kappa shape index (κ2) is 4.45. The average Bonchev–Trinajstić information content (AvgIpc) is 3.01. The molecule has 2 heterocycles. The maximum Gasteiger partial charge on any atom is 0.365 e. The van der Waals surface area contributed by atoms with E-state index in [0.717, 1.165) is 11.0 Å². The summed E-state index contributed by atoms with van der Waals surface area (Å²) in [5.41, 5.74) is 5.97. The van der Waals surface area contributed by atoms with Gasteiger partial charge in [0.25, 0.3) is 0 Å². The van der Waals surface area contributed by atoms with Gasteiger partial charge in [0.05, 0.1) is 0 Å². The average molecular weight is 259 g/mol. The number of carbonyl (C=O) groups is 1. The molecule has 0 aliphatic heterocycles. The Morgan fingerprint density at radius 3 is 2.89 bits per heavy atom. The number of nitrogens with two attached hydrogens (primary N) is 1. The Bertz CT molecular complexity index is 698. The second-order valence-electron chi connectivity index (χ2n) is 3.82. The van der Waals surface area contributed by atoms with Gasteiger partial charge in [-0.15, -0.1) is 0 Å². The Morgan fingerprint density at radius 1 is 1.32 bits per heavy atom. The van der Waals surface area contributed by atoms with Crippen molar-refractivity contribution >= 4 is 22.8 Å². The minimum Gasteiger partial charge on any atom is -0.457 e. The summed E-state index contributed by atoms with van der Waals surface area (Å²) in [6.07, 6.45) is 0. The van der Waals surface area contributed by atoms with E-state index in [9.17, 15) is 4.79 Å². The van der Waals surface area contributed by atoms with Crippen LogP contribution in [0.25, 0.3) is 11.0 Å². The highest BCUT2D eigenvalue weighted by atomic mass is 16.6. The van der Waals surface area contributed by atoms with E-state index in [-0.39, 0.29) is 18.1 Å². The van der Waals surface area contributed by atoms with E-state index in [1.54, 1.807) is 6.07 Å². The SMILES string of the molecule is Nc1nonc1C(=O)OCc1cc2ccccc2o1. The standard InChI is InChI=1S/C12H9N3O4/c13-11-10(14-19-15-11)12(16)17-6-8-5-7-3-1-2-4-9(7)18-8/h1-5H,6H2,(H2,13,15). The third-order valence-electron chi connectivity index (χ3n) is 2.53. The number of hydrogen-bond acceptors (Lipinski definition) is 7. The predicted octanol–water partition coefficient (Wildman–Crippen LogP) is 1.75. The predicted molar refractivity (Wildman–Crippen MR) is 64.0 cm³/mol. The van der Waals surface area contributed by atoms with Gasteiger partial charge in [0.15, 0.2) is 0 Å². The topological polar surface area (TPSA) is 104 Å². The number of ether oxygens (including phenoxy) is 1. The minimum absolute atomic E-state index is 0.0141. The molecule has 96 valence electrons. The van der Waals surface area contributed by atoms with Gasteiger partial charge >= 0.3 is 5.97 Å². The normalized spacial score (nSPS) is 10.7. The fraction of sp³-hybridized carbons (Fsp3) is 0.0833. The molecule has 0 saturated carbocycles. The van der Waals surface area contributed by atoms with E-state index in [0.29, 0.717) is 5.76 Å². The van der Waals surface area contributed by atoms with Gasteiger partial charge in [-0.25, -0.2) is 9.42 Å². The lowest BCUT2D eigenvalue weighted by Gasteiger charge is -1.98. The first kappa shape index (κ1) is 11.3. The number of aromatic nitrogens is 2. The molecule has 0 atom stereocenters. The van der Waals surface area contributed by atoms with Crippen LogP contribution in [0.15, 0.2) is 39.4 Å². The Labute approximate surface area is 106 Å². The van der Waals surface area contributed by atoms with Gasteiger partial charge in [0.2, 0.25) is 11.5 Å². The number of fused-ring (bicyclic) bond motifs is 1. The maximum atomic E-state index is 11.6. The molecular formula is C12H9N3O4. The zero-order valence-corrected chi connectivity index (χ0v) is 9.70. The van der Waals surface area contributed by atoms with Gasteiger partial charge in [0.1, 0.15) is 18.0 Å². The molecule has 0 aliphatic rings. The van der Waals surface area contributed by atoms with Gasteiger partial charge < -0.3 is 14.9 Å². The molecule has 2 N–H and O–H groups in total. The monoisotopic (exact) mass is 259 g/mol. The molecule has 0 fully saturated rings. The van der Waals surface area contributed by atoms with Crippen LogP contribution in [0.1, 0.15) is 16.2 Å².